The van der Waals surface area contributed by atoms with Crippen molar-refractivity contribution in [1.29, 1.82) is 0 Å². The number of nitrogens with one attached hydrogen (secondary N) is 1. The van der Waals surface area contributed by atoms with Crippen LogP contribution in [0.25, 0.3) is 0 Å². The van der Waals surface area contributed by atoms with Crippen LogP contribution in [0.2, 0.25) is 4.34 Å². The molecular weight excluding hydrogens is 236 g/mol. The maximum absolute atomic E-state index is 11.1. The molecule has 84 valence electrons. The molecule has 1 aromatic heterocycles. The van der Waals surface area contributed by atoms with Gasteiger partial charge in [0.05, 0.1) is 4.34 Å². The molecule has 1 heterocycles. The van der Waals surface area contributed by atoms with Crippen molar-refractivity contribution in [2.45, 2.75) is 12.5 Å². The lowest BCUT2D eigenvalue weighted by molar-refractivity contribution is -0.128. The molecular formula is C9H13ClN2O2S. The lowest BCUT2D eigenvalue weighted by atomic mass is 10.3. The number of hydrogen-bond acceptors (Lipinski definition) is 4. The van der Waals surface area contributed by atoms with Crippen molar-refractivity contribution in [3.63, 3.8) is 0 Å². The summed E-state index contributed by atoms with van der Waals surface area (Å²) in [6.45, 7) is 0.420. The third-order valence-corrected chi connectivity index (χ3v) is 3.12. The molecule has 0 radical (unpaired) electrons. The van der Waals surface area contributed by atoms with Crippen molar-refractivity contribution in [3.8, 4) is 0 Å². The van der Waals surface area contributed by atoms with Crippen LogP contribution in [-0.2, 0) is 11.2 Å². The normalized spacial score (nSPS) is 12.5. The van der Waals surface area contributed by atoms with Crippen LogP contribution in [0, 0.1) is 0 Å². The van der Waals surface area contributed by atoms with Gasteiger partial charge in [0.2, 0.25) is 5.91 Å². The van der Waals surface area contributed by atoms with Crippen LogP contribution < -0.4 is 11.1 Å². The van der Waals surface area contributed by atoms with Crippen molar-refractivity contribution in [2.75, 3.05) is 13.1 Å². The Morgan fingerprint density at radius 1 is 1.67 bits per heavy atom. The van der Waals surface area contributed by atoms with Crippen LogP contribution in [0.5, 0.6) is 0 Å². The fourth-order valence-electron chi connectivity index (χ4n) is 1.02. The molecule has 0 aliphatic carbocycles. The molecule has 0 saturated carbocycles. The Bertz CT molecular complexity index is 330. The molecule has 1 amide bonds. The van der Waals surface area contributed by atoms with Gasteiger partial charge in [0.15, 0.2) is 0 Å². The summed E-state index contributed by atoms with van der Waals surface area (Å²) >= 11 is 7.23. The van der Waals surface area contributed by atoms with Gasteiger partial charge in [-0.1, -0.05) is 11.6 Å². The van der Waals surface area contributed by atoms with E-state index in [1.807, 2.05) is 12.1 Å². The summed E-state index contributed by atoms with van der Waals surface area (Å²) in [6, 6.07) is 3.73. The van der Waals surface area contributed by atoms with Gasteiger partial charge >= 0.3 is 0 Å². The second kappa shape index (κ2) is 6.07. The van der Waals surface area contributed by atoms with Crippen molar-refractivity contribution < 1.29 is 9.90 Å². The standard InChI is InChI=1S/C9H13ClN2O2S/c10-8-2-1-6(15-8)3-4-12-9(14)7(13)5-11/h1-2,7,13H,3-5,11H2,(H,12,14). The first-order valence-electron chi connectivity index (χ1n) is 4.53. The van der Waals surface area contributed by atoms with E-state index in [-0.39, 0.29) is 6.54 Å². The lowest BCUT2D eigenvalue weighted by Crippen LogP contribution is -2.39. The second-order valence-electron chi connectivity index (χ2n) is 3.00. The van der Waals surface area contributed by atoms with Crippen molar-refractivity contribution in [1.82, 2.24) is 5.32 Å². The molecule has 1 unspecified atom stereocenters. The van der Waals surface area contributed by atoms with Gasteiger partial charge in [-0.05, 0) is 18.6 Å². The van der Waals surface area contributed by atoms with Crippen molar-refractivity contribution in [2.24, 2.45) is 5.73 Å². The first-order chi connectivity index (χ1) is 7.13. The predicted octanol–water partition coefficient (Wildman–Crippen LogP) is 0.380. The minimum absolute atomic E-state index is 0.0589. The van der Waals surface area contributed by atoms with Crippen LogP contribution in [0.1, 0.15) is 4.88 Å². The zero-order chi connectivity index (χ0) is 11.3. The maximum Gasteiger partial charge on any atom is 0.250 e. The summed E-state index contributed by atoms with van der Waals surface area (Å²) in [7, 11) is 0. The topological polar surface area (TPSA) is 75.3 Å². The molecule has 4 N–H and O–H groups in total. The van der Waals surface area contributed by atoms with E-state index in [0.717, 1.165) is 9.21 Å². The summed E-state index contributed by atoms with van der Waals surface area (Å²) in [4.78, 5) is 12.2. The number of thiophene rings is 1. The molecule has 0 bridgehead atoms. The smallest absolute Gasteiger partial charge is 0.250 e. The molecule has 4 nitrogen and oxygen atoms in total. The molecule has 1 atom stereocenters. The van der Waals surface area contributed by atoms with E-state index in [0.29, 0.717) is 13.0 Å². The third kappa shape index (κ3) is 4.17. The van der Waals surface area contributed by atoms with Crippen LogP contribution in [0.15, 0.2) is 12.1 Å². The molecule has 0 fully saturated rings. The molecule has 1 aromatic rings. The molecule has 0 aliphatic heterocycles. The minimum atomic E-state index is -1.11. The van der Waals surface area contributed by atoms with E-state index in [4.69, 9.17) is 22.4 Å². The molecule has 0 aliphatic rings. The van der Waals surface area contributed by atoms with Crippen LogP contribution in [0.3, 0.4) is 0 Å². The van der Waals surface area contributed by atoms with E-state index < -0.39 is 12.0 Å². The first kappa shape index (κ1) is 12.4. The predicted molar refractivity (Wildman–Crippen MR) is 61.1 cm³/mol. The zero-order valence-electron chi connectivity index (χ0n) is 8.07. The summed E-state index contributed by atoms with van der Waals surface area (Å²) in [5.41, 5.74) is 5.13. The quantitative estimate of drug-likeness (QED) is 0.705. The Hall–Kier alpha value is -0.620. The second-order valence-corrected chi connectivity index (χ2v) is 4.80. The fraction of sp³-hybridized carbons (Fsp3) is 0.444. The number of rotatable bonds is 5. The molecule has 1 rings (SSSR count). The molecule has 0 aromatic carbocycles. The number of amides is 1. The number of hydrogen-bond donors (Lipinski definition) is 3. The number of nitrogens with two attached hydrogens (primary N) is 1. The van der Waals surface area contributed by atoms with Crippen LogP contribution in [-0.4, -0.2) is 30.2 Å². The van der Waals surface area contributed by atoms with E-state index in [2.05, 4.69) is 5.32 Å². The Balaban J connectivity index is 2.24. The number of halogens is 1. The Morgan fingerprint density at radius 2 is 2.40 bits per heavy atom. The van der Waals surface area contributed by atoms with Crippen molar-refractivity contribution >= 4 is 28.8 Å². The molecule has 15 heavy (non-hydrogen) atoms. The van der Waals surface area contributed by atoms with E-state index in [1.54, 1.807) is 0 Å². The van der Waals surface area contributed by atoms with Gasteiger partial charge in [0.25, 0.3) is 0 Å². The third-order valence-electron chi connectivity index (χ3n) is 1.83. The summed E-state index contributed by atoms with van der Waals surface area (Å²) in [6.07, 6.45) is -0.405. The number of aliphatic hydroxyl groups is 1. The zero-order valence-corrected chi connectivity index (χ0v) is 9.64. The Kier molecular flexibility index (Phi) is 5.04. The highest BCUT2D eigenvalue weighted by Gasteiger charge is 2.11. The SMILES string of the molecule is NCC(O)C(=O)NCCc1ccc(Cl)s1. The van der Waals surface area contributed by atoms with Gasteiger partial charge in [-0.2, -0.15) is 0 Å². The summed E-state index contributed by atoms with van der Waals surface area (Å²) < 4.78 is 0.735. The number of aliphatic hydroxyl groups excluding tert-OH is 1. The first-order valence-corrected chi connectivity index (χ1v) is 5.73. The van der Waals surface area contributed by atoms with E-state index in [1.165, 1.54) is 11.3 Å². The van der Waals surface area contributed by atoms with E-state index >= 15 is 0 Å². The summed E-state index contributed by atoms with van der Waals surface area (Å²) in [5.74, 6) is -0.430. The number of carbonyl (C=O) groups is 1. The van der Waals surface area contributed by atoms with Crippen LogP contribution in [0.4, 0.5) is 0 Å². The van der Waals surface area contributed by atoms with Gasteiger partial charge in [-0.3, -0.25) is 4.79 Å². The average Bonchev–Trinajstić information content (AvgIpc) is 2.63. The van der Waals surface area contributed by atoms with Crippen LogP contribution >= 0.6 is 22.9 Å². The highest BCUT2D eigenvalue weighted by molar-refractivity contribution is 7.16. The molecule has 6 heteroatoms. The Labute approximate surface area is 97.0 Å². The minimum Gasteiger partial charge on any atom is -0.382 e. The van der Waals surface area contributed by atoms with Gasteiger partial charge < -0.3 is 16.2 Å². The van der Waals surface area contributed by atoms with Gasteiger partial charge in [-0.25, -0.2) is 0 Å². The average molecular weight is 249 g/mol. The van der Waals surface area contributed by atoms with Gasteiger partial charge in [-0.15, -0.1) is 11.3 Å². The fourth-order valence-corrected chi connectivity index (χ4v) is 2.11. The monoisotopic (exact) mass is 248 g/mol. The van der Waals surface area contributed by atoms with Gasteiger partial charge in [0, 0.05) is 18.0 Å². The highest BCUT2D eigenvalue weighted by Crippen LogP contribution is 2.21. The molecule has 0 saturated heterocycles. The summed E-state index contributed by atoms with van der Waals surface area (Å²) in [5, 5.41) is 11.7. The molecule has 0 spiro atoms. The van der Waals surface area contributed by atoms with E-state index in [9.17, 15) is 4.79 Å². The number of carbonyl (C=O) groups excluding carboxylic acids is 1. The Morgan fingerprint density at radius 3 is 2.93 bits per heavy atom. The maximum atomic E-state index is 11.1. The highest BCUT2D eigenvalue weighted by atomic mass is 35.5. The lowest BCUT2D eigenvalue weighted by Gasteiger charge is -2.08. The van der Waals surface area contributed by atoms with Gasteiger partial charge in [0.1, 0.15) is 6.10 Å². The largest absolute Gasteiger partial charge is 0.382 e. The van der Waals surface area contributed by atoms with Crippen molar-refractivity contribution in [3.05, 3.63) is 21.3 Å².